The van der Waals surface area contributed by atoms with Crippen LogP contribution in [0.25, 0.3) is 21.3 Å². The number of aromatic nitrogens is 3. The van der Waals surface area contributed by atoms with Crippen LogP contribution in [0.4, 0.5) is 5.13 Å². The highest BCUT2D eigenvalue weighted by molar-refractivity contribution is 7.22. The van der Waals surface area contributed by atoms with E-state index in [4.69, 9.17) is 9.84 Å². The predicted molar refractivity (Wildman–Crippen MR) is 119 cm³/mol. The maximum Gasteiger partial charge on any atom is 0.183 e. The Balaban J connectivity index is 0.000000249. The molecule has 0 radical (unpaired) electrons. The highest BCUT2D eigenvalue weighted by atomic mass is 32.1. The van der Waals surface area contributed by atoms with Crippen molar-refractivity contribution in [2.45, 2.75) is 44.8 Å². The monoisotopic (exact) mass is 410 g/mol. The maximum absolute atomic E-state index is 8.91. The molecule has 0 saturated heterocycles. The Kier molecular flexibility index (Phi) is 6.27. The van der Waals surface area contributed by atoms with Crippen LogP contribution in [0.1, 0.15) is 37.7 Å². The summed E-state index contributed by atoms with van der Waals surface area (Å²) in [6.07, 6.45) is 9.61. The molecule has 7 heteroatoms. The summed E-state index contributed by atoms with van der Waals surface area (Å²) in [6, 6.07) is 9.98. The first-order valence-corrected chi connectivity index (χ1v) is 10.8. The van der Waals surface area contributed by atoms with E-state index in [9.17, 15) is 0 Å². The van der Waals surface area contributed by atoms with Crippen LogP contribution in [-0.2, 0) is 6.61 Å². The standard InChI is InChI=1S/C16H14N4OS.C6H12O/c1-17-16-20-13-3-2-11(8-14(13)22-16)21-9-10-4-6-18-15-12(10)5-7-19-15;7-6-4-2-1-3-5-6/h2-8H,9H2,1H3,(H,17,20)(H,18,19);6-7H,1-5H2. The van der Waals surface area contributed by atoms with Gasteiger partial charge in [-0.2, -0.15) is 0 Å². The van der Waals surface area contributed by atoms with E-state index in [1.807, 2.05) is 43.6 Å². The van der Waals surface area contributed by atoms with Gasteiger partial charge in [0.2, 0.25) is 0 Å². The summed E-state index contributed by atoms with van der Waals surface area (Å²) < 4.78 is 7.05. The normalized spacial score (nSPS) is 14.6. The fourth-order valence-corrected chi connectivity index (χ4v) is 4.34. The lowest BCUT2D eigenvalue weighted by molar-refractivity contribution is 0.130. The molecule has 0 amide bonds. The smallest absolute Gasteiger partial charge is 0.183 e. The van der Waals surface area contributed by atoms with Crippen LogP contribution in [0.15, 0.2) is 42.7 Å². The van der Waals surface area contributed by atoms with Gasteiger partial charge in [0.25, 0.3) is 0 Å². The largest absolute Gasteiger partial charge is 0.489 e. The molecule has 0 unspecified atom stereocenters. The van der Waals surface area contributed by atoms with E-state index >= 15 is 0 Å². The van der Waals surface area contributed by atoms with Crippen LogP contribution < -0.4 is 10.1 Å². The summed E-state index contributed by atoms with van der Waals surface area (Å²) in [6.45, 7) is 0.514. The van der Waals surface area contributed by atoms with Crippen molar-refractivity contribution in [3.05, 3.63) is 48.3 Å². The molecular formula is C22H26N4O2S. The third kappa shape index (κ3) is 4.86. The number of fused-ring (bicyclic) bond motifs is 2. The summed E-state index contributed by atoms with van der Waals surface area (Å²) in [5.74, 6) is 0.847. The number of aromatic amines is 1. The van der Waals surface area contributed by atoms with Gasteiger partial charge >= 0.3 is 0 Å². The number of anilines is 1. The molecule has 1 saturated carbocycles. The van der Waals surface area contributed by atoms with E-state index in [0.29, 0.717) is 6.61 Å². The van der Waals surface area contributed by atoms with Crippen LogP contribution >= 0.6 is 11.3 Å². The molecular weight excluding hydrogens is 384 g/mol. The van der Waals surface area contributed by atoms with Crippen molar-refractivity contribution in [1.82, 2.24) is 15.0 Å². The second-order valence-corrected chi connectivity index (χ2v) is 8.22. The maximum atomic E-state index is 8.91. The highest BCUT2D eigenvalue weighted by Gasteiger charge is 2.08. The van der Waals surface area contributed by atoms with Crippen LogP contribution in [0, 0.1) is 0 Å². The third-order valence-corrected chi connectivity index (χ3v) is 6.13. The predicted octanol–water partition coefficient (Wildman–Crippen LogP) is 5.10. The van der Waals surface area contributed by atoms with E-state index in [-0.39, 0.29) is 6.10 Å². The second kappa shape index (κ2) is 9.24. The van der Waals surface area contributed by atoms with Crippen molar-refractivity contribution in [3.63, 3.8) is 0 Å². The Hall–Kier alpha value is -2.64. The SMILES string of the molecule is CNc1nc2ccc(OCc3ccnc4[nH]ccc34)cc2s1.OC1CCCCC1. The number of pyridine rings is 1. The van der Waals surface area contributed by atoms with Crippen molar-refractivity contribution < 1.29 is 9.84 Å². The number of aliphatic hydroxyl groups is 1. The zero-order valence-corrected chi connectivity index (χ0v) is 17.3. The Bertz CT molecular complexity index is 1070. The minimum atomic E-state index is 0.0359. The van der Waals surface area contributed by atoms with Gasteiger partial charge in [-0.15, -0.1) is 0 Å². The zero-order chi connectivity index (χ0) is 20.1. The molecule has 29 heavy (non-hydrogen) atoms. The van der Waals surface area contributed by atoms with E-state index in [1.165, 1.54) is 19.3 Å². The van der Waals surface area contributed by atoms with Gasteiger partial charge in [0, 0.05) is 30.4 Å². The Morgan fingerprint density at radius 3 is 2.83 bits per heavy atom. The quantitative estimate of drug-likeness (QED) is 0.436. The van der Waals surface area contributed by atoms with Crippen LogP contribution in [0.3, 0.4) is 0 Å². The molecule has 0 aliphatic heterocycles. The Morgan fingerprint density at radius 1 is 1.21 bits per heavy atom. The number of aliphatic hydroxyl groups excluding tert-OH is 1. The van der Waals surface area contributed by atoms with Gasteiger partial charge in [0.1, 0.15) is 18.0 Å². The topological polar surface area (TPSA) is 83.1 Å². The minimum absolute atomic E-state index is 0.0359. The zero-order valence-electron chi connectivity index (χ0n) is 16.5. The molecule has 1 aromatic carbocycles. The van der Waals surface area contributed by atoms with E-state index in [0.717, 1.165) is 50.5 Å². The van der Waals surface area contributed by atoms with Gasteiger partial charge in [-0.1, -0.05) is 30.6 Å². The molecule has 152 valence electrons. The summed E-state index contributed by atoms with van der Waals surface area (Å²) in [5, 5.41) is 14.0. The number of thiazole rings is 1. The van der Waals surface area contributed by atoms with E-state index < -0.39 is 0 Å². The lowest BCUT2D eigenvalue weighted by atomic mass is 9.98. The fraction of sp³-hybridized carbons (Fsp3) is 0.364. The molecule has 4 aromatic rings. The highest BCUT2D eigenvalue weighted by Crippen LogP contribution is 2.29. The molecule has 0 bridgehead atoms. The van der Waals surface area contributed by atoms with E-state index in [1.54, 1.807) is 17.5 Å². The molecule has 1 aliphatic carbocycles. The first-order chi connectivity index (χ1) is 14.2. The van der Waals surface area contributed by atoms with Gasteiger partial charge in [-0.3, -0.25) is 0 Å². The molecule has 6 nitrogen and oxygen atoms in total. The van der Waals surface area contributed by atoms with Crippen molar-refractivity contribution in [3.8, 4) is 5.75 Å². The number of rotatable bonds is 4. The molecule has 3 heterocycles. The van der Waals surface area contributed by atoms with Gasteiger partial charge < -0.3 is 20.1 Å². The van der Waals surface area contributed by atoms with Crippen molar-refractivity contribution in [2.24, 2.45) is 0 Å². The summed E-state index contributed by atoms with van der Waals surface area (Å²) in [7, 11) is 1.88. The van der Waals surface area contributed by atoms with Gasteiger partial charge in [0.15, 0.2) is 5.13 Å². The number of hydrogen-bond acceptors (Lipinski definition) is 6. The number of hydrogen-bond donors (Lipinski definition) is 3. The van der Waals surface area contributed by atoms with Crippen molar-refractivity contribution >= 4 is 37.7 Å². The lowest BCUT2D eigenvalue weighted by Crippen LogP contribution is -2.09. The van der Waals surface area contributed by atoms with Gasteiger partial charge in [-0.05, 0) is 43.2 Å². The first-order valence-electron chi connectivity index (χ1n) is 10.0. The lowest BCUT2D eigenvalue weighted by Gasteiger charge is -2.14. The van der Waals surface area contributed by atoms with E-state index in [2.05, 4.69) is 20.3 Å². The van der Waals surface area contributed by atoms with Crippen LogP contribution in [0.2, 0.25) is 0 Å². The van der Waals surface area contributed by atoms with Gasteiger partial charge in [0.05, 0.1) is 16.3 Å². The molecule has 5 rings (SSSR count). The molecule has 0 atom stereocenters. The molecule has 1 fully saturated rings. The van der Waals surface area contributed by atoms with Gasteiger partial charge in [-0.25, -0.2) is 9.97 Å². The summed E-state index contributed by atoms with van der Waals surface area (Å²) >= 11 is 1.62. The van der Waals surface area contributed by atoms with Crippen molar-refractivity contribution in [2.75, 3.05) is 12.4 Å². The number of nitrogens with zero attached hydrogens (tertiary/aromatic N) is 2. The number of benzene rings is 1. The summed E-state index contributed by atoms with van der Waals surface area (Å²) in [5.41, 5.74) is 2.99. The van der Waals surface area contributed by atoms with Crippen LogP contribution in [-0.4, -0.2) is 33.2 Å². The average molecular weight is 411 g/mol. The number of ether oxygens (including phenoxy) is 1. The number of nitrogens with one attached hydrogen (secondary N) is 2. The Morgan fingerprint density at radius 2 is 2.07 bits per heavy atom. The van der Waals surface area contributed by atoms with Crippen molar-refractivity contribution in [1.29, 1.82) is 0 Å². The summed E-state index contributed by atoms with van der Waals surface area (Å²) in [4.78, 5) is 11.9. The number of H-pyrrole nitrogens is 1. The fourth-order valence-electron chi connectivity index (χ4n) is 3.49. The molecule has 3 N–H and O–H groups in total. The minimum Gasteiger partial charge on any atom is -0.489 e. The molecule has 1 aliphatic rings. The average Bonchev–Trinajstić information content (AvgIpc) is 3.39. The third-order valence-electron chi connectivity index (χ3n) is 5.09. The van der Waals surface area contributed by atoms with Crippen LogP contribution in [0.5, 0.6) is 5.75 Å². The first kappa shape index (κ1) is 19.7. The molecule has 3 aromatic heterocycles. The molecule has 0 spiro atoms. The second-order valence-electron chi connectivity index (χ2n) is 7.19. The Labute approximate surface area is 174 Å².